The molecule has 0 heterocycles. The summed E-state index contributed by atoms with van der Waals surface area (Å²) in [5, 5.41) is 0. The van der Waals surface area contributed by atoms with Crippen LogP contribution in [0.1, 0.15) is 13.3 Å². The van der Waals surface area contributed by atoms with Crippen LogP contribution in [0.3, 0.4) is 0 Å². The van der Waals surface area contributed by atoms with Gasteiger partial charge in [-0.25, -0.2) is 0 Å². The Bertz CT molecular complexity index is 448. The van der Waals surface area contributed by atoms with Gasteiger partial charge in [0.2, 0.25) is 0 Å². The van der Waals surface area contributed by atoms with Crippen molar-refractivity contribution in [3.8, 4) is 12.3 Å². The SMILES string of the molecule is C#C/C=C\C(=C/C)C1=C(N(C)C)C=CCC=C1. The Balaban J connectivity index is 3.26. The largest absolute Gasteiger partial charge is 0.377 e. The molecular formula is C16H19N. The molecule has 0 spiro atoms. The molecule has 0 aliphatic heterocycles. The van der Waals surface area contributed by atoms with Crippen LogP contribution in [0.25, 0.3) is 0 Å². The minimum absolute atomic E-state index is 0.969. The van der Waals surface area contributed by atoms with Crippen LogP contribution in [-0.4, -0.2) is 19.0 Å². The normalized spacial score (nSPS) is 16.2. The van der Waals surface area contributed by atoms with E-state index in [0.29, 0.717) is 0 Å². The summed E-state index contributed by atoms with van der Waals surface area (Å²) >= 11 is 0. The predicted octanol–water partition coefficient (Wildman–Crippen LogP) is 3.45. The van der Waals surface area contributed by atoms with Crippen LogP contribution in [-0.2, 0) is 0 Å². The fraction of sp³-hybridized carbons (Fsp3) is 0.250. The quantitative estimate of drug-likeness (QED) is 0.525. The minimum Gasteiger partial charge on any atom is -0.377 e. The van der Waals surface area contributed by atoms with Gasteiger partial charge >= 0.3 is 0 Å². The lowest BCUT2D eigenvalue weighted by molar-refractivity contribution is 0.526. The maximum absolute atomic E-state index is 5.26. The van der Waals surface area contributed by atoms with E-state index in [4.69, 9.17) is 6.42 Å². The van der Waals surface area contributed by atoms with Gasteiger partial charge in [0.05, 0.1) is 0 Å². The van der Waals surface area contributed by atoms with Gasteiger partial charge in [0.25, 0.3) is 0 Å². The molecule has 0 aromatic carbocycles. The molecule has 0 unspecified atom stereocenters. The lowest BCUT2D eigenvalue weighted by Crippen LogP contribution is -2.11. The first kappa shape index (κ1) is 13.1. The van der Waals surface area contributed by atoms with E-state index < -0.39 is 0 Å². The van der Waals surface area contributed by atoms with Crippen molar-refractivity contribution in [3.63, 3.8) is 0 Å². The van der Waals surface area contributed by atoms with E-state index in [0.717, 1.165) is 12.0 Å². The number of hydrogen-bond acceptors (Lipinski definition) is 1. The summed E-state index contributed by atoms with van der Waals surface area (Å²) in [6.07, 6.45) is 20.7. The average Bonchev–Trinajstić information content (AvgIpc) is 2.56. The summed E-state index contributed by atoms with van der Waals surface area (Å²) in [5.41, 5.74) is 3.56. The van der Waals surface area contributed by atoms with Gasteiger partial charge < -0.3 is 4.90 Å². The molecule has 0 aromatic heterocycles. The molecule has 0 bridgehead atoms. The molecule has 1 aliphatic carbocycles. The molecule has 0 saturated carbocycles. The zero-order chi connectivity index (χ0) is 12.7. The number of rotatable bonds is 3. The van der Waals surface area contributed by atoms with E-state index in [1.165, 1.54) is 11.3 Å². The molecule has 1 aliphatic rings. The van der Waals surface area contributed by atoms with Crippen molar-refractivity contribution in [2.24, 2.45) is 0 Å². The Morgan fingerprint density at radius 1 is 1.35 bits per heavy atom. The molecule has 0 atom stereocenters. The molecule has 0 amide bonds. The van der Waals surface area contributed by atoms with E-state index in [-0.39, 0.29) is 0 Å². The number of terminal acetylenes is 1. The zero-order valence-corrected chi connectivity index (χ0v) is 10.8. The standard InChI is InChI=1S/C16H19N/c1-5-7-11-14(6-2)15-12-9-8-10-13-16(15)17(3)4/h1,6-7,9-13H,8H2,2-4H3/b11-7-,14-6+. The lowest BCUT2D eigenvalue weighted by Gasteiger charge is -2.18. The third-order valence-corrected chi connectivity index (χ3v) is 2.57. The molecule has 0 N–H and O–H groups in total. The van der Waals surface area contributed by atoms with Gasteiger partial charge in [0.15, 0.2) is 0 Å². The molecule has 0 saturated heterocycles. The zero-order valence-electron chi connectivity index (χ0n) is 10.8. The monoisotopic (exact) mass is 225 g/mol. The molecule has 1 rings (SSSR count). The van der Waals surface area contributed by atoms with Gasteiger partial charge in [-0.2, -0.15) is 0 Å². The van der Waals surface area contributed by atoms with Crippen molar-refractivity contribution < 1.29 is 0 Å². The molecule has 0 radical (unpaired) electrons. The highest BCUT2D eigenvalue weighted by atomic mass is 15.1. The maximum Gasteiger partial charge on any atom is 0.0437 e. The molecule has 1 nitrogen and oxygen atoms in total. The Morgan fingerprint density at radius 3 is 2.65 bits per heavy atom. The number of nitrogens with zero attached hydrogens (tertiary/aromatic N) is 1. The van der Waals surface area contributed by atoms with Crippen molar-refractivity contribution in [3.05, 3.63) is 59.4 Å². The predicted molar refractivity (Wildman–Crippen MR) is 75.3 cm³/mol. The van der Waals surface area contributed by atoms with E-state index >= 15 is 0 Å². The Labute approximate surface area is 105 Å². The number of hydrogen-bond donors (Lipinski definition) is 0. The third kappa shape index (κ3) is 3.53. The van der Waals surface area contributed by atoms with Gasteiger partial charge in [-0.05, 0) is 37.1 Å². The molecular weight excluding hydrogens is 206 g/mol. The van der Waals surface area contributed by atoms with Gasteiger partial charge in [-0.3, -0.25) is 0 Å². The van der Waals surface area contributed by atoms with Gasteiger partial charge in [-0.15, -0.1) is 6.42 Å². The highest BCUT2D eigenvalue weighted by Crippen LogP contribution is 2.23. The van der Waals surface area contributed by atoms with E-state index in [1.54, 1.807) is 6.08 Å². The van der Waals surface area contributed by atoms with Crippen LogP contribution in [0.5, 0.6) is 0 Å². The van der Waals surface area contributed by atoms with Crippen LogP contribution in [0, 0.1) is 12.3 Å². The van der Waals surface area contributed by atoms with E-state index in [2.05, 4.69) is 55.3 Å². The number of allylic oxidation sites excluding steroid dienone is 9. The minimum atomic E-state index is 0.969. The fourth-order valence-electron chi connectivity index (χ4n) is 1.73. The summed E-state index contributed by atoms with van der Waals surface area (Å²) in [6, 6.07) is 0. The van der Waals surface area contributed by atoms with Crippen molar-refractivity contribution in [1.29, 1.82) is 0 Å². The van der Waals surface area contributed by atoms with Crippen LogP contribution in [0.4, 0.5) is 0 Å². The Morgan fingerprint density at radius 2 is 2.06 bits per heavy atom. The second kappa shape index (κ2) is 6.60. The lowest BCUT2D eigenvalue weighted by atomic mass is 10.0. The first-order valence-electron chi connectivity index (χ1n) is 5.74. The topological polar surface area (TPSA) is 3.24 Å². The molecule has 1 heteroatoms. The highest BCUT2D eigenvalue weighted by Gasteiger charge is 2.08. The highest BCUT2D eigenvalue weighted by molar-refractivity contribution is 5.53. The summed E-state index contributed by atoms with van der Waals surface area (Å²) < 4.78 is 0. The Hall–Kier alpha value is -1.94. The van der Waals surface area contributed by atoms with Crippen molar-refractivity contribution in [1.82, 2.24) is 4.90 Å². The Kier molecular flexibility index (Phi) is 5.10. The second-order valence-corrected chi connectivity index (χ2v) is 3.98. The average molecular weight is 225 g/mol. The molecule has 17 heavy (non-hydrogen) atoms. The van der Waals surface area contributed by atoms with Crippen molar-refractivity contribution >= 4 is 0 Å². The summed E-state index contributed by atoms with van der Waals surface area (Å²) in [5.74, 6) is 2.53. The number of likely N-dealkylation sites (N-methyl/N-ethyl adjacent to an activating group) is 1. The van der Waals surface area contributed by atoms with Crippen molar-refractivity contribution in [2.75, 3.05) is 14.1 Å². The van der Waals surface area contributed by atoms with Gasteiger partial charge in [0, 0.05) is 25.4 Å². The molecule has 88 valence electrons. The first-order chi connectivity index (χ1) is 8.20. The summed E-state index contributed by atoms with van der Waals surface area (Å²) in [6.45, 7) is 2.03. The smallest absolute Gasteiger partial charge is 0.0437 e. The summed E-state index contributed by atoms with van der Waals surface area (Å²) in [7, 11) is 4.11. The second-order valence-electron chi connectivity index (χ2n) is 3.98. The van der Waals surface area contributed by atoms with Gasteiger partial charge in [0.1, 0.15) is 0 Å². The summed E-state index contributed by atoms with van der Waals surface area (Å²) in [4.78, 5) is 2.12. The van der Waals surface area contributed by atoms with Crippen LogP contribution >= 0.6 is 0 Å². The van der Waals surface area contributed by atoms with Crippen LogP contribution in [0.15, 0.2) is 59.4 Å². The first-order valence-corrected chi connectivity index (χ1v) is 5.74. The van der Waals surface area contributed by atoms with E-state index in [9.17, 15) is 0 Å². The van der Waals surface area contributed by atoms with Crippen LogP contribution < -0.4 is 0 Å². The van der Waals surface area contributed by atoms with Crippen molar-refractivity contribution in [2.45, 2.75) is 13.3 Å². The van der Waals surface area contributed by atoms with Gasteiger partial charge in [-0.1, -0.05) is 30.2 Å². The van der Waals surface area contributed by atoms with Crippen LogP contribution in [0.2, 0.25) is 0 Å². The fourth-order valence-corrected chi connectivity index (χ4v) is 1.73. The molecule has 0 fully saturated rings. The maximum atomic E-state index is 5.26. The third-order valence-electron chi connectivity index (χ3n) is 2.57. The molecule has 0 aromatic rings. The van der Waals surface area contributed by atoms with E-state index in [1.807, 2.05) is 13.0 Å².